The van der Waals surface area contributed by atoms with Gasteiger partial charge in [0.15, 0.2) is 5.76 Å². The van der Waals surface area contributed by atoms with E-state index in [-0.39, 0.29) is 12.0 Å². The number of amides is 1. The third-order valence-corrected chi connectivity index (χ3v) is 3.40. The average Bonchev–Trinajstić information content (AvgIpc) is 3.22. The molecule has 6 heteroatoms. The van der Waals surface area contributed by atoms with E-state index in [0.29, 0.717) is 29.7 Å². The Bertz CT molecular complexity index is 645. The molecule has 0 spiro atoms. The van der Waals surface area contributed by atoms with Crippen LogP contribution in [-0.4, -0.2) is 22.2 Å². The van der Waals surface area contributed by atoms with E-state index >= 15 is 0 Å². The number of aromatic nitrogens is 2. The molecule has 6 nitrogen and oxygen atoms in total. The predicted octanol–water partition coefficient (Wildman–Crippen LogP) is 2.66. The van der Waals surface area contributed by atoms with E-state index in [1.807, 2.05) is 19.9 Å². The van der Waals surface area contributed by atoms with E-state index in [9.17, 15) is 4.79 Å². The summed E-state index contributed by atoms with van der Waals surface area (Å²) in [6.45, 7) is 4.31. The SMILES string of the molecule is CC(C)Oc1ccc(CNC(=O)c2cnoc2C2CC2)cn1. The van der Waals surface area contributed by atoms with Crippen LogP contribution in [0.15, 0.2) is 29.0 Å². The van der Waals surface area contributed by atoms with Crippen LogP contribution < -0.4 is 10.1 Å². The summed E-state index contributed by atoms with van der Waals surface area (Å²) in [5.74, 6) is 1.49. The zero-order valence-electron chi connectivity index (χ0n) is 12.7. The highest BCUT2D eigenvalue weighted by atomic mass is 16.5. The highest BCUT2D eigenvalue weighted by Gasteiger charge is 2.32. The van der Waals surface area contributed by atoms with Gasteiger partial charge in [0.25, 0.3) is 5.91 Å². The zero-order valence-corrected chi connectivity index (χ0v) is 12.7. The molecule has 1 saturated carbocycles. The van der Waals surface area contributed by atoms with Crippen molar-refractivity contribution in [3.63, 3.8) is 0 Å². The number of ether oxygens (including phenoxy) is 1. The Morgan fingerprint density at radius 2 is 2.23 bits per heavy atom. The van der Waals surface area contributed by atoms with Crippen LogP contribution in [0.2, 0.25) is 0 Å². The summed E-state index contributed by atoms with van der Waals surface area (Å²) in [6.07, 6.45) is 5.41. The second-order valence-corrected chi connectivity index (χ2v) is 5.73. The van der Waals surface area contributed by atoms with Gasteiger partial charge in [-0.2, -0.15) is 0 Å². The third kappa shape index (κ3) is 3.44. The Hall–Kier alpha value is -2.37. The lowest BCUT2D eigenvalue weighted by Crippen LogP contribution is -2.23. The quantitative estimate of drug-likeness (QED) is 0.887. The molecule has 0 atom stereocenters. The highest BCUT2D eigenvalue weighted by Crippen LogP contribution is 2.41. The summed E-state index contributed by atoms with van der Waals surface area (Å²) in [5, 5.41) is 6.60. The number of nitrogens with one attached hydrogen (secondary N) is 1. The molecule has 2 aromatic heterocycles. The first-order valence-corrected chi connectivity index (χ1v) is 7.48. The maximum Gasteiger partial charge on any atom is 0.256 e. The molecular weight excluding hydrogens is 282 g/mol. The maximum absolute atomic E-state index is 12.2. The van der Waals surface area contributed by atoms with E-state index in [2.05, 4.69) is 15.5 Å². The molecule has 22 heavy (non-hydrogen) atoms. The number of rotatable bonds is 6. The lowest BCUT2D eigenvalue weighted by Gasteiger charge is -2.09. The molecule has 1 amide bonds. The van der Waals surface area contributed by atoms with E-state index in [1.165, 1.54) is 6.20 Å². The number of hydrogen-bond acceptors (Lipinski definition) is 5. The Morgan fingerprint density at radius 3 is 2.86 bits per heavy atom. The minimum Gasteiger partial charge on any atom is -0.475 e. The summed E-state index contributed by atoms with van der Waals surface area (Å²) in [5.41, 5.74) is 1.45. The fourth-order valence-corrected chi connectivity index (χ4v) is 2.16. The number of nitrogens with zero attached hydrogens (tertiary/aromatic N) is 2. The lowest BCUT2D eigenvalue weighted by molar-refractivity contribution is 0.0949. The van der Waals surface area contributed by atoms with Gasteiger partial charge in [-0.15, -0.1) is 0 Å². The van der Waals surface area contributed by atoms with Crippen LogP contribution in [0, 0.1) is 0 Å². The molecule has 1 N–H and O–H groups in total. The summed E-state index contributed by atoms with van der Waals surface area (Å²) < 4.78 is 10.7. The summed E-state index contributed by atoms with van der Waals surface area (Å²) in [6, 6.07) is 3.69. The molecule has 0 bridgehead atoms. The Balaban J connectivity index is 1.57. The van der Waals surface area contributed by atoms with Gasteiger partial charge in [0.1, 0.15) is 5.56 Å². The lowest BCUT2D eigenvalue weighted by atomic mass is 10.2. The van der Waals surface area contributed by atoms with E-state index in [1.54, 1.807) is 12.3 Å². The van der Waals surface area contributed by atoms with Crippen LogP contribution in [0.25, 0.3) is 0 Å². The first-order valence-electron chi connectivity index (χ1n) is 7.48. The molecule has 0 aromatic carbocycles. The number of pyridine rings is 1. The molecule has 1 aliphatic carbocycles. The number of hydrogen-bond donors (Lipinski definition) is 1. The molecule has 1 fully saturated rings. The monoisotopic (exact) mass is 301 g/mol. The van der Waals surface area contributed by atoms with Crippen LogP contribution in [0.3, 0.4) is 0 Å². The van der Waals surface area contributed by atoms with Gasteiger partial charge in [0.05, 0.1) is 12.3 Å². The standard InChI is InChI=1S/C16H19N3O3/c1-10(2)21-14-6-3-11(7-17-14)8-18-16(20)13-9-19-22-15(13)12-4-5-12/h3,6-7,9-10,12H,4-5,8H2,1-2H3,(H,18,20). The second-order valence-electron chi connectivity index (χ2n) is 5.73. The van der Waals surface area contributed by atoms with Gasteiger partial charge >= 0.3 is 0 Å². The van der Waals surface area contributed by atoms with Gasteiger partial charge in [-0.25, -0.2) is 4.98 Å². The van der Waals surface area contributed by atoms with Crippen molar-refractivity contribution in [2.45, 2.75) is 45.3 Å². The molecular formula is C16H19N3O3. The van der Waals surface area contributed by atoms with Crippen molar-refractivity contribution in [3.8, 4) is 5.88 Å². The van der Waals surface area contributed by atoms with Crippen molar-refractivity contribution < 1.29 is 14.1 Å². The van der Waals surface area contributed by atoms with Crippen LogP contribution in [0.1, 0.15) is 54.3 Å². The molecule has 2 heterocycles. The van der Waals surface area contributed by atoms with E-state index in [4.69, 9.17) is 9.26 Å². The molecule has 1 aliphatic rings. The van der Waals surface area contributed by atoms with E-state index in [0.717, 1.165) is 18.4 Å². The van der Waals surface area contributed by atoms with E-state index < -0.39 is 0 Å². The van der Waals surface area contributed by atoms with Gasteiger partial charge < -0.3 is 14.6 Å². The minimum absolute atomic E-state index is 0.0903. The molecule has 2 aromatic rings. The van der Waals surface area contributed by atoms with Crippen molar-refractivity contribution >= 4 is 5.91 Å². The normalized spacial score (nSPS) is 14.1. The molecule has 0 saturated heterocycles. The number of carbonyl (C=O) groups is 1. The minimum atomic E-state index is -0.161. The van der Waals surface area contributed by atoms with Crippen LogP contribution in [0.4, 0.5) is 0 Å². The topological polar surface area (TPSA) is 77.2 Å². The Labute approximate surface area is 128 Å². The van der Waals surface area contributed by atoms with Gasteiger partial charge in [-0.3, -0.25) is 4.79 Å². The first kappa shape index (κ1) is 14.6. The summed E-state index contributed by atoms with van der Waals surface area (Å²) >= 11 is 0. The zero-order chi connectivity index (χ0) is 15.5. The van der Waals surface area contributed by atoms with Crippen LogP contribution in [-0.2, 0) is 6.54 Å². The van der Waals surface area contributed by atoms with Crippen molar-refractivity contribution in [1.29, 1.82) is 0 Å². The van der Waals surface area contributed by atoms with Crippen LogP contribution in [0.5, 0.6) is 5.88 Å². The largest absolute Gasteiger partial charge is 0.475 e. The fraction of sp³-hybridized carbons (Fsp3) is 0.438. The third-order valence-electron chi connectivity index (χ3n) is 3.40. The Kier molecular flexibility index (Phi) is 4.09. The molecule has 0 aliphatic heterocycles. The Morgan fingerprint density at radius 1 is 1.41 bits per heavy atom. The first-order chi connectivity index (χ1) is 10.6. The fourth-order valence-electron chi connectivity index (χ4n) is 2.16. The van der Waals surface area contributed by atoms with Crippen molar-refractivity contribution in [2.75, 3.05) is 0 Å². The molecule has 0 radical (unpaired) electrons. The second kappa shape index (κ2) is 6.17. The molecule has 3 rings (SSSR count). The van der Waals surface area contributed by atoms with Crippen LogP contribution >= 0.6 is 0 Å². The average molecular weight is 301 g/mol. The molecule has 0 unspecified atom stereocenters. The number of carbonyl (C=O) groups excluding carboxylic acids is 1. The predicted molar refractivity (Wildman–Crippen MR) is 79.6 cm³/mol. The van der Waals surface area contributed by atoms with Gasteiger partial charge in [0.2, 0.25) is 5.88 Å². The summed E-state index contributed by atoms with van der Waals surface area (Å²) in [4.78, 5) is 16.4. The van der Waals surface area contributed by atoms with Gasteiger partial charge in [-0.05, 0) is 32.3 Å². The van der Waals surface area contributed by atoms with Crippen molar-refractivity contribution in [1.82, 2.24) is 15.5 Å². The van der Waals surface area contributed by atoms with Crippen molar-refractivity contribution in [3.05, 3.63) is 41.4 Å². The maximum atomic E-state index is 12.2. The van der Waals surface area contributed by atoms with Gasteiger partial charge in [0, 0.05) is 24.7 Å². The van der Waals surface area contributed by atoms with Gasteiger partial charge in [-0.1, -0.05) is 11.2 Å². The van der Waals surface area contributed by atoms with Crippen molar-refractivity contribution in [2.24, 2.45) is 0 Å². The smallest absolute Gasteiger partial charge is 0.256 e. The highest BCUT2D eigenvalue weighted by molar-refractivity contribution is 5.95. The molecule has 116 valence electrons. The summed E-state index contributed by atoms with van der Waals surface area (Å²) in [7, 11) is 0.